The Hall–Kier alpha value is -1.81. The molecule has 3 N–H and O–H groups in total. The molecule has 1 aliphatic rings. The lowest BCUT2D eigenvalue weighted by Crippen LogP contribution is -2.45. The molecule has 0 aromatic heterocycles. The van der Waals surface area contributed by atoms with Gasteiger partial charge in [-0.25, -0.2) is 0 Å². The summed E-state index contributed by atoms with van der Waals surface area (Å²) >= 11 is 5.81. The average molecular weight is 295 g/mol. The van der Waals surface area contributed by atoms with Gasteiger partial charge in [-0.1, -0.05) is 11.6 Å². The summed E-state index contributed by atoms with van der Waals surface area (Å²) in [5.41, 5.74) is 6.69. The van der Waals surface area contributed by atoms with Crippen molar-refractivity contribution < 1.29 is 9.53 Å². The number of halogens is 1. The van der Waals surface area contributed by atoms with Crippen LogP contribution in [0.3, 0.4) is 0 Å². The predicted molar refractivity (Wildman–Crippen MR) is 76.3 cm³/mol. The Bertz CT molecular complexity index is 544. The summed E-state index contributed by atoms with van der Waals surface area (Å²) < 4.78 is 5.22. The minimum absolute atomic E-state index is 0.162. The van der Waals surface area contributed by atoms with E-state index in [1.807, 2.05) is 11.0 Å². The number of nitrogens with two attached hydrogens (primary N) is 1. The Kier molecular flexibility index (Phi) is 4.79. The molecule has 0 radical (unpaired) electrons. The van der Waals surface area contributed by atoms with Crippen LogP contribution in [0.1, 0.15) is 0 Å². The molecule has 1 amide bonds. The van der Waals surface area contributed by atoms with Crippen LogP contribution in [-0.4, -0.2) is 43.2 Å². The molecule has 0 spiro atoms. The SMILES string of the molecule is N#CC1CN(CC(=O)Nc2ccc(Cl)c(N)c2)CCO1. The van der Waals surface area contributed by atoms with Gasteiger partial charge in [0.2, 0.25) is 5.91 Å². The van der Waals surface area contributed by atoms with Gasteiger partial charge < -0.3 is 15.8 Å². The van der Waals surface area contributed by atoms with Gasteiger partial charge in [-0.3, -0.25) is 9.69 Å². The number of nitrogen functional groups attached to an aromatic ring is 1. The number of nitriles is 1. The van der Waals surface area contributed by atoms with Gasteiger partial charge in [0.15, 0.2) is 6.10 Å². The van der Waals surface area contributed by atoms with Gasteiger partial charge in [0.25, 0.3) is 0 Å². The number of hydrogen-bond donors (Lipinski definition) is 2. The van der Waals surface area contributed by atoms with Gasteiger partial charge >= 0.3 is 0 Å². The third kappa shape index (κ3) is 3.84. The van der Waals surface area contributed by atoms with Crippen molar-refractivity contribution in [2.45, 2.75) is 6.10 Å². The van der Waals surface area contributed by atoms with Crippen LogP contribution in [0.4, 0.5) is 11.4 Å². The van der Waals surface area contributed by atoms with Crippen molar-refractivity contribution in [3.05, 3.63) is 23.2 Å². The molecule has 1 unspecified atom stereocenters. The number of rotatable bonds is 3. The molecule has 20 heavy (non-hydrogen) atoms. The van der Waals surface area contributed by atoms with Crippen molar-refractivity contribution in [2.24, 2.45) is 0 Å². The summed E-state index contributed by atoms with van der Waals surface area (Å²) in [6.07, 6.45) is -0.470. The normalized spacial score (nSPS) is 19.3. The highest BCUT2D eigenvalue weighted by Gasteiger charge is 2.21. The van der Waals surface area contributed by atoms with Gasteiger partial charge in [0, 0.05) is 18.8 Å². The van der Waals surface area contributed by atoms with E-state index in [0.29, 0.717) is 36.1 Å². The lowest BCUT2D eigenvalue weighted by Gasteiger charge is -2.28. The van der Waals surface area contributed by atoms with Crippen molar-refractivity contribution >= 4 is 28.9 Å². The molecule has 1 fully saturated rings. The number of carbonyl (C=O) groups is 1. The first kappa shape index (κ1) is 14.6. The molecule has 0 aliphatic carbocycles. The van der Waals surface area contributed by atoms with Gasteiger partial charge in [-0.15, -0.1) is 0 Å². The van der Waals surface area contributed by atoms with E-state index in [2.05, 4.69) is 5.32 Å². The van der Waals surface area contributed by atoms with E-state index in [0.717, 1.165) is 0 Å². The van der Waals surface area contributed by atoms with Gasteiger partial charge in [-0.2, -0.15) is 5.26 Å². The molecule has 0 saturated carbocycles. The van der Waals surface area contributed by atoms with Crippen LogP contribution < -0.4 is 11.1 Å². The summed E-state index contributed by atoms with van der Waals surface area (Å²) in [7, 11) is 0. The maximum Gasteiger partial charge on any atom is 0.238 e. The van der Waals surface area contributed by atoms with Crippen LogP contribution >= 0.6 is 11.6 Å². The topological polar surface area (TPSA) is 91.4 Å². The molecular formula is C13H15ClN4O2. The van der Waals surface area contributed by atoms with Crippen LogP contribution in [0.5, 0.6) is 0 Å². The van der Waals surface area contributed by atoms with Crippen molar-refractivity contribution in [2.75, 3.05) is 37.3 Å². The van der Waals surface area contributed by atoms with Crippen molar-refractivity contribution in [1.29, 1.82) is 5.26 Å². The molecule has 1 aromatic rings. The number of ether oxygens (including phenoxy) is 1. The fraction of sp³-hybridized carbons (Fsp3) is 0.385. The lowest BCUT2D eigenvalue weighted by atomic mass is 10.2. The Labute approximate surface area is 122 Å². The van der Waals surface area contributed by atoms with Gasteiger partial charge in [0.1, 0.15) is 0 Å². The number of anilines is 2. The molecule has 6 nitrogen and oxygen atoms in total. The van der Waals surface area contributed by atoms with Crippen molar-refractivity contribution in [3.8, 4) is 6.07 Å². The maximum atomic E-state index is 11.9. The van der Waals surface area contributed by atoms with Crippen LogP contribution in [0, 0.1) is 11.3 Å². The minimum Gasteiger partial charge on any atom is -0.397 e. The zero-order valence-electron chi connectivity index (χ0n) is 10.8. The zero-order chi connectivity index (χ0) is 14.5. The molecule has 2 rings (SSSR count). The van der Waals surface area contributed by atoms with Crippen LogP contribution in [0.2, 0.25) is 5.02 Å². The summed E-state index contributed by atoms with van der Waals surface area (Å²) in [6, 6.07) is 6.97. The van der Waals surface area contributed by atoms with E-state index in [4.69, 9.17) is 27.3 Å². The van der Waals surface area contributed by atoms with E-state index >= 15 is 0 Å². The monoisotopic (exact) mass is 294 g/mol. The number of morpholine rings is 1. The molecule has 1 aromatic carbocycles. The molecule has 1 aliphatic heterocycles. The number of nitrogens with zero attached hydrogens (tertiary/aromatic N) is 2. The Morgan fingerprint density at radius 1 is 1.65 bits per heavy atom. The van der Waals surface area contributed by atoms with Crippen molar-refractivity contribution in [3.63, 3.8) is 0 Å². The third-order valence-corrected chi connectivity index (χ3v) is 3.29. The quantitative estimate of drug-likeness (QED) is 0.814. The third-order valence-electron chi connectivity index (χ3n) is 2.94. The first-order valence-corrected chi connectivity index (χ1v) is 6.54. The van der Waals surface area contributed by atoms with E-state index in [-0.39, 0.29) is 12.5 Å². The fourth-order valence-corrected chi connectivity index (χ4v) is 2.07. The smallest absolute Gasteiger partial charge is 0.238 e. The molecule has 0 bridgehead atoms. The standard InChI is InChI=1S/C13H15ClN4O2/c14-11-2-1-9(5-12(11)16)17-13(19)8-18-3-4-20-10(6-15)7-18/h1-2,5,10H,3-4,7-8,16H2,(H,17,19). The Balaban J connectivity index is 1.89. The van der Waals surface area contributed by atoms with Crippen LogP contribution in [-0.2, 0) is 9.53 Å². The van der Waals surface area contributed by atoms with E-state index in [9.17, 15) is 4.79 Å². The highest BCUT2D eigenvalue weighted by Crippen LogP contribution is 2.22. The number of amides is 1. The van der Waals surface area contributed by atoms with Gasteiger partial charge in [0.05, 0.1) is 29.9 Å². The highest BCUT2D eigenvalue weighted by atomic mass is 35.5. The van der Waals surface area contributed by atoms with Crippen LogP contribution in [0.25, 0.3) is 0 Å². The minimum atomic E-state index is -0.470. The summed E-state index contributed by atoms with van der Waals surface area (Å²) in [6.45, 7) is 1.74. The second-order valence-electron chi connectivity index (χ2n) is 4.51. The molecule has 7 heteroatoms. The number of benzene rings is 1. The van der Waals surface area contributed by atoms with Crippen LogP contribution in [0.15, 0.2) is 18.2 Å². The van der Waals surface area contributed by atoms with E-state index in [1.54, 1.807) is 18.2 Å². The summed E-state index contributed by atoms with van der Waals surface area (Å²) in [5.74, 6) is -0.162. The maximum absolute atomic E-state index is 11.9. The molecule has 1 atom stereocenters. The van der Waals surface area contributed by atoms with Crippen molar-refractivity contribution in [1.82, 2.24) is 4.90 Å². The van der Waals surface area contributed by atoms with E-state index in [1.165, 1.54) is 0 Å². The van der Waals surface area contributed by atoms with Gasteiger partial charge in [-0.05, 0) is 18.2 Å². The second kappa shape index (κ2) is 6.57. The Morgan fingerprint density at radius 3 is 3.15 bits per heavy atom. The Morgan fingerprint density at radius 2 is 2.45 bits per heavy atom. The highest BCUT2D eigenvalue weighted by molar-refractivity contribution is 6.33. The largest absolute Gasteiger partial charge is 0.397 e. The molecule has 1 saturated heterocycles. The summed E-state index contributed by atoms with van der Waals surface area (Å²) in [5, 5.41) is 12.0. The molecule has 1 heterocycles. The first-order valence-electron chi connectivity index (χ1n) is 6.17. The summed E-state index contributed by atoms with van der Waals surface area (Å²) in [4.78, 5) is 13.8. The first-order chi connectivity index (χ1) is 9.58. The lowest BCUT2D eigenvalue weighted by molar-refractivity contribution is -0.118. The average Bonchev–Trinajstić information content (AvgIpc) is 2.43. The predicted octanol–water partition coefficient (Wildman–Crippen LogP) is 1.09. The molecule has 106 valence electrons. The molecular weight excluding hydrogens is 280 g/mol. The fourth-order valence-electron chi connectivity index (χ4n) is 1.95. The number of nitrogens with one attached hydrogen (secondary N) is 1. The zero-order valence-corrected chi connectivity index (χ0v) is 11.6. The number of carbonyl (C=O) groups excluding carboxylic acids is 1. The van der Waals surface area contributed by atoms with E-state index < -0.39 is 6.10 Å². The number of hydrogen-bond acceptors (Lipinski definition) is 5. The second-order valence-corrected chi connectivity index (χ2v) is 4.92.